The molecule has 0 atom stereocenters. The zero-order chi connectivity index (χ0) is 22.3. The van der Waals surface area contributed by atoms with Gasteiger partial charge in [0.25, 0.3) is 5.91 Å². The summed E-state index contributed by atoms with van der Waals surface area (Å²) in [7, 11) is 4.90. The number of amides is 1. The number of hydrogen-bond acceptors (Lipinski definition) is 6. The number of aromatic nitrogens is 6. The Morgan fingerprint density at radius 2 is 1.87 bits per heavy atom. The molecule has 162 valence electrons. The Balaban J connectivity index is 1.69. The van der Waals surface area contributed by atoms with E-state index in [1.54, 1.807) is 50.5 Å². The summed E-state index contributed by atoms with van der Waals surface area (Å²) in [6.07, 6.45) is 3.35. The Morgan fingerprint density at radius 1 is 1.16 bits per heavy atom. The summed E-state index contributed by atoms with van der Waals surface area (Å²) < 4.78 is 12.3. The van der Waals surface area contributed by atoms with E-state index >= 15 is 0 Å². The van der Waals surface area contributed by atoms with Gasteiger partial charge >= 0.3 is 0 Å². The van der Waals surface area contributed by atoms with Crippen molar-refractivity contribution < 1.29 is 14.3 Å². The van der Waals surface area contributed by atoms with E-state index < -0.39 is 0 Å². The normalized spacial score (nSPS) is 11.7. The Hall–Kier alpha value is -3.82. The van der Waals surface area contributed by atoms with Gasteiger partial charge in [-0.25, -0.2) is 4.98 Å². The molecule has 0 fully saturated rings. The fourth-order valence-electron chi connectivity index (χ4n) is 3.45. The second-order valence-electron chi connectivity index (χ2n) is 8.19. The number of ether oxygens (including phenoxy) is 2. The summed E-state index contributed by atoms with van der Waals surface area (Å²) in [6, 6.07) is 3.59. The third-order valence-electron chi connectivity index (χ3n) is 5.06. The van der Waals surface area contributed by atoms with Gasteiger partial charge in [-0.15, -0.1) is 0 Å². The highest BCUT2D eigenvalue weighted by atomic mass is 16.5. The smallest absolute Gasteiger partial charge is 0.274 e. The number of hydrogen-bond donors (Lipinski definition) is 3. The third-order valence-corrected chi connectivity index (χ3v) is 5.06. The summed E-state index contributed by atoms with van der Waals surface area (Å²) in [6.45, 7) is 6.13. The van der Waals surface area contributed by atoms with Crippen LogP contribution in [0.1, 0.15) is 36.8 Å². The number of nitrogens with one attached hydrogen (secondary N) is 3. The lowest BCUT2D eigenvalue weighted by Gasteiger charge is -2.18. The van der Waals surface area contributed by atoms with Crippen LogP contribution >= 0.6 is 0 Å². The number of imidazole rings is 1. The van der Waals surface area contributed by atoms with Crippen molar-refractivity contribution in [1.29, 1.82) is 0 Å². The molecular formula is C21H25N7O3. The fraction of sp³-hybridized carbons (Fsp3) is 0.333. The number of nitrogens with zero attached hydrogens (tertiary/aromatic N) is 4. The molecule has 10 heteroatoms. The number of aromatic amines is 2. The molecule has 0 aliphatic carbocycles. The van der Waals surface area contributed by atoms with Gasteiger partial charge in [-0.05, 0) is 5.41 Å². The lowest BCUT2D eigenvalue weighted by atomic mass is 9.87. The second-order valence-corrected chi connectivity index (χ2v) is 8.19. The summed E-state index contributed by atoms with van der Waals surface area (Å²) >= 11 is 0. The van der Waals surface area contributed by atoms with Crippen LogP contribution in [0.2, 0.25) is 0 Å². The van der Waals surface area contributed by atoms with Gasteiger partial charge in [0.2, 0.25) is 0 Å². The molecule has 3 N–H and O–H groups in total. The maximum atomic E-state index is 13.1. The van der Waals surface area contributed by atoms with Gasteiger partial charge in [-0.2, -0.15) is 10.2 Å². The second kappa shape index (κ2) is 7.46. The number of aryl methyl sites for hydroxylation is 1. The van der Waals surface area contributed by atoms with E-state index in [2.05, 4.69) is 30.6 Å². The minimum atomic E-state index is -0.271. The molecule has 3 aromatic heterocycles. The first-order valence-corrected chi connectivity index (χ1v) is 9.72. The van der Waals surface area contributed by atoms with E-state index in [1.165, 1.54) is 0 Å². The number of fused-ring (bicyclic) bond motifs is 1. The first kappa shape index (κ1) is 20.5. The van der Waals surface area contributed by atoms with Gasteiger partial charge < -0.3 is 19.8 Å². The van der Waals surface area contributed by atoms with Crippen LogP contribution in [0.3, 0.4) is 0 Å². The number of methoxy groups -OCH3 is 2. The molecule has 0 saturated carbocycles. The Bertz CT molecular complexity index is 1220. The largest absolute Gasteiger partial charge is 0.493 e. The first-order chi connectivity index (χ1) is 14.7. The van der Waals surface area contributed by atoms with Crippen LogP contribution in [0.15, 0.2) is 24.5 Å². The molecule has 3 heterocycles. The zero-order valence-electron chi connectivity index (χ0n) is 18.3. The Morgan fingerprint density at radius 3 is 2.55 bits per heavy atom. The summed E-state index contributed by atoms with van der Waals surface area (Å²) in [5, 5.41) is 14.3. The molecule has 0 unspecified atom stereocenters. The number of benzene rings is 1. The standard InChI is InChI=1S/C21H25N7O3/c1-21(2,3)11-9-23-28(4)18(11)20(29)26-14-10-22-27-17(14)19-24-12-7-15(30-5)16(31-6)8-13(12)25-19/h7-10H,1-6H3,(H,22,27)(H,24,25)(H,26,29). The molecule has 1 amide bonds. The minimum Gasteiger partial charge on any atom is -0.493 e. The van der Waals surface area contributed by atoms with Crippen molar-refractivity contribution in [2.45, 2.75) is 26.2 Å². The van der Waals surface area contributed by atoms with Crippen molar-refractivity contribution in [2.75, 3.05) is 19.5 Å². The maximum Gasteiger partial charge on any atom is 0.274 e. The molecule has 0 aliphatic heterocycles. The molecule has 0 spiro atoms. The quantitative estimate of drug-likeness (QED) is 0.453. The van der Waals surface area contributed by atoms with E-state index in [-0.39, 0.29) is 11.3 Å². The highest BCUT2D eigenvalue weighted by Gasteiger charge is 2.27. The fourth-order valence-corrected chi connectivity index (χ4v) is 3.45. The van der Waals surface area contributed by atoms with Crippen LogP contribution in [0.4, 0.5) is 5.69 Å². The maximum absolute atomic E-state index is 13.1. The molecule has 0 saturated heterocycles. The van der Waals surface area contributed by atoms with Crippen LogP contribution in [0, 0.1) is 0 Å². The topological polar surface area (TPSA) is 123 Å². The van der Waals surface area contributed by atoms with Crippen LogP contribution in [0.5, 0.6) is 11.5 Å². The number of anilines is 1. The van der Waals surface area contributed by atoms with Crippen molar-refractivity contribution in [2.24, 2.45) is 7.05 Å². The van der Waals surface area contributed by atoms with Crippen molar-refractivity contribution in [3.05, 3.63) is 35.8 Å². The SMILES string of the molecule is COc1cc2nc(-c3n[nH]cc3NC(=O)c3c(C(C)(C)C)cnn3C)[nH]c2cc1OC. The van der Waals surface area contributed by atoms with Crippen LogP contribution in [0.25, 0.3) is 22.6 Å². The van der Waals surface area contributed by atoms with Crippen LogP contribution < -0.4 is 14.8 Å². The lowest BCUT2D eigenvalue weighted by molar-refractivity contribution is 0.101. The monoisotopic (exact) mass is 423 g/mol. The third kappa shape index (κ3) is 3.60. The predicted octanol–water partition coefficient (Wildman–Crippen LogP) is 3.25. The van der Waals surface area contributed by atoms with Crippen molar-refractivity contribution in [1.82, 2.24) is 29.9 Å². The van der Waals surface area contributed by atoms with Crippen LogP contribution in [-0.2, 0) is 12.5 Å². The molecule has 0 bridgehead atoms. The molecule has 4 rings (SSSR count). The molecule has 1 aromatic carbocycles. The zero-order valence-corrected chi connectivity index (χ0v) is 18.3. The Labute approximate surface area is 179 Å². The molecule has 4 aromatic rings. The van der Waals surface area contributed by atoms with Crippen molar-refractivity contribution >= 4 is 22.6 Å². The molecule has 10 nitrogen and oxygen atoms in total. The van der Waals surface area contributed by atoms with Crippen molar-refractivity contribution in [3.8, 4) is 23.0 Å². The average Bonchev–Trinajstić information content (AvgIpc) is 3.43. The van der Waals surface area contributed by atoms with Gasteiger partial charge in [-0.3, -0.25) is 14.6 Å². The molecule has 31 heavy (non-hydrogen) atoms. The van der Waals surface area contributed by atoms with E-state index in [0.29, 0.717) is 39.9 Å². The van der Waals surface area contributed by atoms with Gasteiger partial charge in [0.1, 0.15) is 5.69 Å². The summed E-state index contributed by atoms with van der Waals surface area (Å²) in [5.41, 5.74) is 3.58. The lowest BCUT2D eigenvalue weighted by Crippen LogP contribution is -2.22. The van der Waals surface area contributed by atoms with Gasteiger partial charge in [0.15, 0.2) is 23.0 Å². The van der Waals surface area contributed by atoms with Gasteiger partial charge in [0.05, 0.1) is 37.1 Å². The highest BCUT2D eigenvalue weighted by Crippen LogP contribution is 2.33. The average molecular weight is 423 g/mol. The first-order valence-electron chi connectivity index (χ1n) is 9.72. The molecule has 0 aliphatic rings. The number of carbonyl (C=O) groups excluding carboxylic acids is 1. The Kier molecular flexibility index (Phi) is 4.92. The molecular weight excluding hydrogens is 398 g/mol. The van der Waals surface area contributed by atoms with E-state index in [1.807, 2.05) is 20.8 Å². The number of carbonyl (C=O) groups is 1. The summed E-state index contributed by atoms with van der Waals surface area (Å²) in [4.78, 5) is 20.9. The van der Waals surface area contributed by atoms with Gasteiger partial charge in [-0.1, -0.05) is 20.8 Å². The number of rotatable bonds is 5. The van der Waals surface area contributed by atoms with Crippen molar-refractivity contribution in [3.63, 3.8) is 0 Å². The van der Waals surface area contributed by atoms with E-state index in [0.717, 1.165) is 11.1 Å². The predicted molar refractivity (Wildman–Crippen MR) is 117 cm³/mol. The van der Waals surface area contributed by atoms with Gasteiger partial charge in [0, 0.05) is 30.9 Å². The number of H-pyrrole nitrogens is 2. The van der Waals surface area contributed by atoms with Crippen LogP contribution in [-0.4, -0.2) is 50.1 Å². The highest BCUT2D eigenvalue weighted by molar-refractivity contribution is 6.05. The van der Waals surface area contributed by atoms with E-state index in [4.69, 9.17) is 9.47 Å². The molecule has 0 radical (unpaired) electrons. The van der Waals surface area contributed by atoms with E-state index in [9.17, 15) is 4.79 Å². The minimum absolute atomic E-state index is 0.225. The summed E-state index contributed by atoms with van der Waals surface area (Å²) in [5.74, 6) is 1.40.